The summed E-state index contributed by atoms with van der Waals surface area (Å²) in [5.74, 6) is -3.32. The molecule has 0 heterocycles. The molecule has 1 unspecified atom stereocenters. The molecule has 1 nitrogen and oxygen atoms in total. The zero-order valence-electron chi connectivity index (χ0n) is 8.78. The van der Waals surface area contributed by atoms with Gasteiger partial charge in [0.15, 0.2) is 0 Å². The third-order valence-corrected chi connectivity index (χ3v) is 2.92. The second kappa shape index (κ2) is 5.14. The lowest BCUT2D eigenvalue weighted by molar-refractivity contribution is -0.126. The van der Waals surface area contributed by atoms with Gasteiger partial charge in [0.05, 0.1) is 6.54 Å². The first-order valence-corrected chi connectivity index (χ1v) is 5.31. The number of hydrogen-bond donors (Lipinski definition) is 1. The highest BCUT2D eigenvalue weighted by Crippen LogP contribution is 2.30. The van der Waals surface area contributed by atoms with Crippen LogP contribution in [-0.4, -0.2) is 24.9 Å². The van der Waals surface area contributed by atoms with Crippen molar-refractivity contribution in [1.29, 1.82) is 0 Å². The first-order chi connectivity index (χ1) is 6.92. The fraction of sp³-hybridized carbons (Fsp3) is 1.00. The molecule has 0 radical (unpaired) electrons. The van der Waals surface area contributed by atoms with E-state index in [1.165, 1.54) is 6.42 Å². The molecule has 0 amide bonds. The minimum absolute atomic E-state index is 0.111. The van der Waals surface area contributed by atoms with Gasteiger partial charge in [-0.15, -0.1) is 0 Å². The van der Waals surface area contributed by atoms with Gasteiger partial charge in [0, 0.05) is 6.04 Å². The quantitative estimate of drug-likeness (QED) is 0.688. The Kier molecular flexibility index (Phi) is 4.37. The van der Waals surface area contributed by atoms with Crippen molar-refractivity contribution in [3.05, 3.63) is 0 Å². The Bertz CT molecular complexity index is 192. The van der Waals surface area contributed by atoms with Crippen LogP contribution in [0.4, 0.5) is 17.6 Å². The predicted molar refractivity (Wildman–Crippen MR) is 50.4 cm³/mol. The Labute approximate surface area is 87.2 Å². The van der Waals surface area contributed by atoms with E-state index in [2.05, 4.69) is 5.32 Å². The van der Waals surface area contributed by atoms with Crippen LogP contribution in [0.25, 0.3) is 0 Å². The summed E-state index contributed by atoms with van der Waals surface area (Å²) in [5.41, 5.74) is 0. The van der Waals surface area contributed by atoms with Crippen molar-refractivity contribution in [3.8, 4) is 0 Å². The summed E-state index contributed by atoms with van der Waals surface area (Å²) in [7, 11) is 0. The first kappa shape index (κ1) is 12.7. The maximum absolute atomic E-state index is 12.5. The lowest BCUT2D eigenvalue weighted by Gasteiger charge is -2.29. The minimum atomic E-state index is -3.91. The zero-order chi connectivity index (χ0) is 11.5. The lowest BCUT2D eigenvalue weighted by Crippen LogP contribution is -2.43. The van der Waals surface area contributed by atoms with Crippen LogP contribution in [0.2, 0.25) is 0 Å². The summed E-state index contributed by atoms with van der Waals surface area (Å²) in [4.78, 5) is 0. The molecule has 0 spiro atoms. The van der Waals surface area contributed by atoms with Crippen molar-refractivity contribution in [2.24, 2.45) is 5.92 Å². The van der Waals surface area contributed by atoms with Gasteiger partial charge in [0.1, 0.15) is 0 Å². The Morgan fingerprint density at radius 1 is 1.33 bits per heavy atom. The molecule has 1 N–H and O–H groups in total. The van der Waals surface area contributed by atoms with E-state index in [1.807, 2.05) is 0 Å². The molecule has 5 heteroatoms. The highest BCUT2D eigenvalue weighted by Gasteiger charge is 2.40. The molecule has 1 atom stereocenters. The van der Waals surface area contributed by atoms with E-state index in [4.69, 9.17) is 0 Å². The van der Waals surface area contributed by atoms with Gasteiger partial charge in [0.2, 0.25) is 0 Å². The van der Waals surface area contributed by atoms with Crippen LogP contribution < -0.4 is 5.32 Å². The van der Waals surface area contributed by atoms with Crippen molar-refractivity contribution < 1.29 is 17.6 Å². The van der Waals surface area contributed by atoms with Gasteiger partial charge in [-0.05, 0) is 19.3 Å². The van der Waals surface area contributed by atoms with Crippen LogP contribution in [0, 0.1) is 5.92 Å². The topological polar surface area (TPSA) is 12.0 Å². The molecule has 1 rings (SSSR count). The van der Waals surface area contributed by atoms with Crippen LogP contribution in [0.15, 0.2) is 0 Å². The summed E-state index contributed by atoms with van der Waals surface area (Å²) in [6.07, 6.45) is 0.694. The van der Waals surface area contributed by atoms with Crippen LogP contribution in [0.3, 0.4) is 0 Å². The molecule has 15 heavy (non-hydrogen) atoms. The number of rotatable bonds is 6. The highest BCUT2D eigenvalue weighted by molar-refractivity contribution is 4.78. The van der Waals surface area contributed by atoms with Gasteiger partial charge in [-0.1, -0.05) is 19.3 Å². The summed E-state index contributed by atoms with van der Waals surface area (Å²) in [6.45, 7) is 0.832. The van der Waals surface area contributed by atoms with Crippen LogP contribution >= 0.6 is 0 Å². The third kappa shape index (κ3) is 3.97. The highest BCUT2D eigenvalue weighted by atomic mass is 19.3. The van der Waals surface area contributed by atoms with E-state index in [0.717, 1.165) is 19.3 Å². The molecule has 0 aromatic rings. The van der Waals surface area contributed by atoms with Crippen LogP contribution in [0.1, 0.15) is 32.6 Å². The third-order valence-electron chi connectivity index (χ3n) is 2.92. The fourth-order valence-electron chi connectivity index (χ4n) is 1.70. The Morgan fingerprint density at radius 3 is 2.33 bits per heavy atom. The van der Waals surface area contributed by atoms with Crippen molar-refractivity contribution in [3.63, 3.8) is 0 Å². The SMILES string of the molecule is CC(CC1CCC1)NCC(F)(F)C(F)F. The Balaban J connectivity index is 2.17. The molecule has 90 valence electrons. The molecule has 1 fully saturated rings. The van der Waals surface area contributed by atoms with E-state index < -0.39 is 18.9 Å². The molecule has 0 aromatic carbocycles. The van der Waals surface area contributed by atoms with E-state index >= 15 is 0 Å². The van der Waals surface area contributed by atoms with E-state index in [-0.39, 0.29) is 6.04 Å². The summed E-state index contributed by atoms with van der Waals surface area (Å²) in [6, 6.07) is -0.111. The van der Waals surface area contributed by atoms with Crippen LogP contribution in [-0.2, 0) is 0 Å². The number of halogens is 4. The van der Waals surface area contributed by atoms with Crippen molar-refractivity contribution >= 4 is 0 Å². The molecule has 1 saturated carbocycles. The molecular weight excluding hydrogens is 210 g/mol. The van der Waals surface area contributed by atoms with Gasteiger partial charge in [-0.2, -0.15) is 8.78 Å². The molecule has 1 aliphatic rings. The molecule has 0 aromatic heterocycles. The van der Waals surface area contributed by atoms with E-state index in [1.54, 1.807) is 6.92 Å². The summed E-state index contributed by atoms with van der Waals surface area (Å²) < 4.78 is 48.7. The molecule has 1 aliphatic carbocycles. The molecule has 0 bridgehead atoms. The predicted octanol–water partition coefficient (Wildman–Crippen LogP) is 3.06. The average molecular weight is 227 g/mol. The number of hydrogen-bond acceptors (Lipinski definition) is 1. The minimum Gasteiger partial charge on any atom is -0.308 e. The second-order valence-electron chi connectivity index (χ2n) is 4.38. The zero-order valence-corrected chi connectivity index (χ0v) is 8.78. The number of alkyl halides is 4. The van der Waals surface area contributed by atoms with Crippen molar-refractivity contribution in [2.45, 2.75) is 51.0 Å². The van der Waals surface area contributed by atoms with Gasteiger partial charge < -0.3 is 5.32 Å². The molecule has 0 saturated heterocycles. The van der Waals surface area contributed by atoms with E-state index in [9.17, 15) is 17.6 Å². The lowest BCUT2D eigenvalue weighted by atomic mass is 9.81. The smallest absolute Gasteiger partial charge is 0.308 e. The fourth-order valence-corrected chi connectivity index (χ4v) is 1.70. The number of nitrogens with one attached hydrogen (secondary N) is 1. The molecular formula is C10H17F4N. The first-order valence-electron chi connectivity index (χ1n) is 5.31. The Morgan fingerprint density at radius 2 is 1.93 bits per heavy atom. The maximum Gasteiger partial charge on any atom is 0.319 e. The van der Waals surface area contributed by atoms with Crippen molar-refractivity contribution in [1.82, 2.24) is 5.32 Å². The van der Waals surface area contributed by atoms with Gasteiger partial charge in [-0.3, -0.25) is 0 Å². The van der Waals surface area contributed by atoms with Crippen LogP contribution in [0.5, 0.6) is 0 Å². The molecule has 0 aliphatic heterocycles. The maximum atomic E-state index is 12.5. The normalized spacial score (nSPS) is 20.4. The van der Waals surface area contributed by atoms with Gasteiger partial charge >= 0.3 is 12.3 Å². The van der Waals surface area contributed by atoms with Gasteiger partial charge in [0.25, 0.3) is 0 Å². The average Bonchev–Trinajstić information content (AvgIpc) is 2.08. The van der Waals surface area contributed by atoms with Gasteiger partial charge in [-0.25, -0.2) is 8.78 Å². The summed E-state index contributed by atoms with van der Waals surface area (Å²) in [5, 5.41) is 2.47. The Hall–Kier alpha value is -0.320. The second-order valence-corrected chi connectivity index (χ2v) is 4.38. The largest absolute Gasteiger partial charge is 0.319 e. The van der Waals surface area contributed by atoms with Crippen molar-refractivity contribution in [2.75, 3.05) is 6.54 Å². The monoisotopic (exact) mass is 227 g/mol. The summed E-state index contributed by atoms with van der Waals surface area (Å²) >= 11 is 0. The van der Waals surface area contributed by atoms with E-state index in [0.29, 0.717) is 5.92 Å². The standard InChI is InChI=1S/C10H17F4N/c1-7(5-8-3-2-4-8)15-6-10(13,14)9(11)12/h7-9,15H,2-6H2,1H3.